The van der Waals surface area contributed by atoms with Gasteiger partial charge in [0.2, 0.25) is 0 Å². The van der Waals surface area contributed by atoms with E-state index in [4.69, 9.17) is 14.2 Å². The van der Waals surface area contributed by atoms with E-state index < -0.39 is 0 Å². The summed E-state index contributed by atoms with van der Waals surface area (Å²) in [6.07, 6.45) is 5.78. The Hall–Kier alpha value is -3.22. The molecule has 0 spiro atoms. The predicted molar refractivity (Wildman–Crippen MR) is 152 cm³/mol. The van der Waals surface area contributed by atoms with Crippen LogP contribution in [0.1, 0.15) is 42.4 Å². The minimum Gasteiger partial charge on any atom is -0.508 e. The lowest BCUT2D eigenvalue weighted by molar-refractivity contribution is 0.238. The second-order valence-corrected chi connectivity index (χ2v) is 10.4. The quantitative estimate of drug-likeness (QED) is 0.351. The normalized spacial score (nSPS) is 16.2. The highest BCUT2D eigenvalue weighted by Crippen LogP contribution is 2.36. The van der Waals surface area contributed by atoms with Crippen molar-refractivity contribution in [3.05, 3.63) is 71.3 Å². The van der Waals surface area contributed by atoms with Gasteiger partial charge in [-0.25, -0.2) is 0 Å². The van der Waals surface area contributed by atoms with Gasteiger partial charge >= 0.3 is 0 Å². The number of ether oxygens (including phenoxy) is 3. The van der Waals surface area contributed by atoms with Crippen molar-refractivity contribution in [3.8, 4) is 34.1 Å². The van der Waals surface area contributed by atoms with Crippen molar-refractivity contribution >= 4 is 0 Å². The van der Waals surface area contributed by atoms with Gasteiger partial charge in [-0.2, -0.15) is 0 Å². The average Bonchev–Trinajstić information content (AvgIpc) is 3.65. The lowest BCUT2D eigenvalue weighted by atomic mass is 9.93. The van der Waals surface area contributed by atoms with Crippen LogP contribution in [0.4, 0.5) is 0 Å². The van der Waals surface area contributed by atoms with Crippen LogP contribution in [0.25, 0.3) is 11.1 Å². The Morgan fingerprint density at radius 3 is 2.03 bits per heavy atom. The number of rotatable bonds is 11. The lowest BCUT2D eigenvalue weighted by Gasteiger charge is -2.21. The summed E-state index contributed by atoms with van der Waals surface area (Å²) in [6, 6.07) is 18.0. The van der Waals surface area contributed by atoms with Crippen molar-refractivity contribution in [2.75, 3.05) is 53.6 Å². The molecule has 0 saturated carbocycles. The van der Waals surface area contributed by atoms with E-state index in [9.17, 15) is 5.11 Å². The van der Waals surface area contributed by atoms with Gasteiger partial charge in [0, 0.05) is 13.1 Å². The molecule has 2 fully saturated rings. The molecule has 2 aliphatic heterocycles. The fourth-order valence-corrected chi connectivity index (χ4v) is 5.70. The first-order valence-corrected chi connectivity index (χ1v) is 13.9. The van der Waals surface area contributed by atoms with Crippen molar-refractivity contribution in [1.29, 1.82) is 0 Å². The summed E-state index contributed by atoms with van der Waals surface area (Å²) in [5.74, 6) is 2.85. The van der Waals surface area contributed by atoms with Crippen molar-refractivity contribution in [3.63, 3.8) is 0 Å². The molecule has 2 heterocycles. The van der Waals surface area contributed by atoms with Gasteiger partial charge in [-0.1, -0.05) is 18.2 Å². The fourth-order valence-electron chi connectivity index (χ4n) is 5.70. The summed E-state index contributed by atoms with van der Waals surface area (Å²) < 4.78 is 17.6. The summed E-state index contributed by atoms with van der Waals surface area (Å²) in [5, 5.41) is 10.3. The first-order chi connectivity index (χ1) is 18.6. The molecule has 5 rings (SSSR count). The van der Waals surface area contributed by atoms with Crippen LogP contribution in [0.5, 0.6) is 23.0 Å². The largest absolute Gasteiger partial charge is 0.508 e. The summed E-state index contributed by atoms with van der Waals surface area (Å²) in [7, 11) is 3.46. The smallest absolute Gasteiger partial charge is 0.127 e. The summed E-state index contributed by atoms with van der Waals surface area (Å²) in [5.41, 5.74) is 5.39. The Morgan fingerprint density at radius 2 is 1.39 bits per heavy atom. The van der Waals surface area contributed by atoms with Crippen LogP contribution in [-0.4, -0.2) is 68.5 Å². The number of nitrogens with zero attached hydrogens (tertiary/aromatic N) is 2. The van der Waals surface area contributed by atoms with Crippen molar-refractivity contribution in [2.24, 2.45) is 0 Å². The highest BCUT2D eigenvalue weighted by atomic mass is 16.5. The number of phenolic OH excluding ortho intramolecular Hbond substituents is 1. The maximum Gasteiger partial charge on any atom is 0.127 e. The third kappa shape index (κ3) is 6.43. The molecule has 202 valence electrons. The van der Waals surface area contributed by atoms with Gasteiger partial charge in [0.15, 0.2) is 0 Å². The van der Waals surface area contributed by atoms with Crippen LogP contribution in [0.2, 0.25) is 0 Å². The van der Waals surface area contributed by atoms with Gasteiger partial charge in [-0.05, 0) is 117 Å². The number of aromatic hydroxyl groups is 1. The molecule has 0 aliphatic carbocycles. The summed E-state index contributed by atoms with van der Waals surface area (Å²) in [4.78, 5) is 4.91. The third-order valence-electron chi connectivity index (χ3n) is 7.78. The van der Waals surface area contributed by atoms with E-state index in [1.165, 1.54) is 38.8 Å². The molecule has 6 nitrogen and oxygen atoms in total. The molecule has 1 N–H and O–H groups in total. The maximum atomic E-state index is 10.3. The van der Waals surface area contributed by atoms with E-state index in [-0.39, 0.29) is 5.75 Å². The molecule has 0 unspecified atom stereocenters. The van der Waals surface area contributed by atoms with Gasteiger partial charge in [0.25, 0.3) is 0 Å². The van der Waals surface area contributed by atoms with Crippen LogP contribution in [0.15, 0.2) is 54.6 Å². The van der Waals surface area contributed by atoms with Gasteiger partial charge in [-0.3, -0.25) is 9.80 Å². The van der Waals surface area contributed by atoms with Crippen molar-refractivity contribution in [2.45, 2.75) is 38.6 Å². The molecule has 3 aromatic rings. The average molecular weight is 517 g/mol. The third-order valence-corrected chi connectivity index (χ3v) is 7.78. The standard InChI is InChI=1S/C32H40N2O4/c1-36-31-20-24(21-32(37-2)30(31)23-34-15-5-6-16-34)19-26-7-10-27(35)22-29(26)25-8-11-28(12-9-25)38-18-17-33-13-3-4-14-33/h7-12,20-22,35H,3-6,13-19,23H2,1-2H3. The number of hydrogen-bond donors (Lipinski definition) is 1. The van der Waals surface area contributed by atoms with Gasteiger partial charge < -0.3 is 19.3 Å². The first kappa shape index (κ1) is 26.4. The Morgan fingerprint density at radius 1 is 0.763 bits per heavy atom. The number of likely N-dealkylation sites (tertiary alicyclic amines) is 2. The Labute approximate surface area is 226 Å². The van der Waals surface area contributed by atoms with E-state index in [2.05, 4.69) is 34.1 Å². The molecule has 6 heteroatoms. The molecule has 2 saturated heterocycles. The van der Waals surface area contributed by atoms with Crippen LogP contribution in [0.3, 0.4) is 0 Å². The number of methoxy groups -OCH3 is 2. The molecule has 0 radical (unpaired) electrons. The minimum atomic E-state index is 0.255. The van der Waals surface area contributed by atoms with Gasteiger partial charge in [0.05, 0.1) is 19.8 Å². The molecule has 2 aliphatic rings. The highest BCUT2D eigenvalue weighted by molar-refractivity contribution is 5.70. The van der Waals surface area contributed by atoms with E-state index in [1.807, 2.05) is 24.3 Å². The van der Waals surface area contributed by atoms with E-state index >= 15 is 0 Å². The first-order valence-electron chi connectivity index (χ1n) is 13.9. The predicted octanol–water partition coefficient (Wildman–Crippen LogP) is 5.74. The Bertz CT molecular complexity index is 1170. The lowest BCUT2D eigenvalue weighted by Crippen LogP contribution is -2.25. The van der Waals surface area contributed by atoms with E-state index in [1.54, 1.807) is 20.3 Å². The molecule has 3 aromatic carbocycles. The number of phenols is 1. The number of hydrogen-bond acceptors (Lipinski definition) is 6. The van der Waals surface area contributed by atoms with Crippen molar-refractivity contribution < 1.29 is 19.3 Å². The number of benzene rings is 3. The molecule has 0 amide bonds. The minimum absolute atomic E-state index is 0.255. The van der Waals surface area contributed by atoms with Crippen LogP contribution >= 0.6 is 0 Å². The van der Waals surface area contributed by atoms with E-state index in [0.717, 1.165) is 71.2 Å². The fraction of sp³-hybridized carbons (Fsp3) is 0.438. The van der Waals surface area contributed by atoms with Crippen LogP contribution in [0, 0.1) is 0 Å². The van der Waals surface area contributed by atoms with Gasteiger partial charge in [-0.15, -0.1) is 0 Å². The SMILES string of the molecule is COc1cc(Cc2ccc(O)cc2-c2ccc(OCCN3CCCC3)cc2)cc(OC)c1CN1CCCC1. The zero-order valence-electron chi connectivity index (χ0n) is 22.7. The second-order valence-electron chi connectivity index (χ2n) is 10.4. The second kappa shape index (κ2) is 12.5. The Balaban J connectivity index is 1.33. The van der Waals surface area contributed by atoms with E-state index in [0.29, 0.717) is 13.0 Å². The zero-order valence-corrected chi connectivity index (χ0v) is 22.7. The molecule has 0 bridgehead atoms. The highest BCUT2D eigenvalue weighted by Gasteiger charge is 2.19. The van der Waals surface area contributed by atoms with Crippen molar-refractivity contribution in [1.82, 2.24) is 9.80 Å². The zero-order chi connectivity index (χ0) is 26.3. The topological polar surface area (TPSA) is 54.4 Å². The summed E-state index contributed by atoms with van der Waals surface area (Å²) in [6.45, 7) is 7.11. The van der Waals surface area contributed by atoms with Crippen LogP contribution < -0.4 is 14.2 Å². The van der Waals surface area contributed by atoms with Crippen LogP contribution in [-0.2, 0) is 13.0 Å². The molecular weight excluding hydrogens is 476 g/mol. The monoisotopic (exact) mass is 516 g/mol. The molecule has 0 aromatic heterocycles. The Kier molecular flexibility index (Phi) is 8.72. The molecule has 0 atom stereocenters. The van der Waals surface area contributed by atoms with Gasteiger partial charge in [0.1, 0.15) is 29.6 Å². The molecular formula is C32H40N2O4. The molecule has 38 heavy (non-hydrogen) atoms. The maximum absolute atomic E-state index is 10.3. The summed E-state index contributed by atoms with van der Waals surface area (Å²) >= 11 is 0.